The number of rotatable bonds is 4. The second kappa shape index (κ2) is 5.64. The van der Waals surface area contributed by atoms with E-state index in [2.05, 4.69) is 4.98 Å². The predicted molar refractivity (Wildman–Crippen MR) is 68.9 cm³/mol. The monoisotopic (exact) mass is 263 g/mol. The molecule has 1 aromatic heterocycles. The minimum Gasteiger partial charge on any atom is -0.496 e. The Labute approximate surface area is 109 Å². The van der Waals surface area contributed by atoms with Gasteiger partial charge in [0, 0.05) is 11.6 Å². The van der Waals surface area contributed by atoms with Crippen molar-refractivity contribution in [3.05, 3.63) is 46.4 Å². The lowest BCUT2D eigenvalue weighted by molar-refractivity contribution is 0.0334. The van der Waals surface area contributed by atoms with Crippen molar-refractivity contribution in [3.8, 4) is 5.75 Å². The van der Waals surface area contributed by atoms with Crippen LogP contribution in [0, 0.1) is 0 Å². The molecule has 0 aliphatic heterocycles. The highest BCUT2D eigenvalue weighted by Crippen LogP contribution is 2.24. The van der Waals surface area contributed by atoms with Crippen LogP contribution < -0.4 is 4.74 Å². The van der Waals surface area contributed by atoms with Gasteiger partial charge in [-0.1, -0.05) is 12.1 Å². The number of ether oxygens (including phenoxy) is 2. The SMILES string of the molecule is COc1ccccc1C(=O)OC(C)c1nccs1. The highest BCUT2D eigenvalue weighted by atomic mass is 32.1. The predicted octanol–water partition coefficient (Wildman–Crippen LogP) is 3.07. The first-order valence-electron chi connectivity index (χ1n) is 5.45. The Bertz CT molecular complexity index is 525. The lowest BCUT2D eigenvalue weighted by Gasteiger charge is -2.12. The second-order valence-corrected chi connectivity index (χ2v) is 4.54. The molecular formula is C13H13NO3S. The summed E-state index contributed by atoms with van der Waals surface area (Å²) < 4.78 is 10.5. The van der Waals surface area contributed by atoms with Gasteiger partial charge in [0.1, 0.15) is 16.3 Å². The van der Waals surface area contributed by atoms with E-state index in [4.69, 9.17) is 9.47 Å². The minimum atomic E-state index is -0.407. The molecule has 0 fully saturated rings. The van der Waals surface area contributed by atoms with Crippen LogP contribution in [0.4, 0.5) is 0 Å². The number of esters is 1. The Morgan fingerprint density at radius 1 is 1.39 bits per heavy atom. The molecule has 5 heteroatoms. The fraction of sp³-hybridized carbons (Fsp3) is 0.231. The van der Waals surface area contributed by atoms with Gasteiger partial charge in [0.2, 0.25) is 0 Å². The summed E-state index contributed by atoms with van der Waals surface area (Å²) in [6.45, 7) is 1.80. The van der Waals surface area contributed by atoms with Crippen LogP contribution in [0.3, 0.4) is 0 Å². The van der Waals surface area contributed by atoms with Gasteiger partial charge in [0.25, 0.3) is 0 Å². The molecule has 0 saturated carbocycles. The van der Waals surface area contributed by atoms with Gasteiger partial charge >= 0.3 is 5.97 Å². The van der Waals surface area contributed by atoms with E-state index in [1.165, 1.54) is 18.4 Å². The van der Waals surface area contributed by atoms with Crippen LogP contribution >= 0.6 is 11.3 Å². The second-order valence-electron chi connectivity index (χ2n) is 3.62. The molecule has 0 amide bonds. The molecule has 2 aromatic rings. The molecule has 0 N–H and O–H groups in total. The van der Waals surface area contributed by atoms with Gasteiger partial charge in [-0.3, -0.25) is 0 Å². The third kappa shape index (κ3) is 2.68. The van der Waals surface area contributed by atoms with Crippen molar-refractivity contribution >= 4 is 17.3 Å². The molecule has 0 radical (unpaired) electrons. The zero-order chi connectivity index (χ0) is 13.0. The third-order valence-electron chi connectivity index (χ3n) is 2.41. The fourth-order valence-corrected chi connectivity index (χ4v) is 2.15. The average Bonchev–Trinajstić information content (AvgIpc) is 2.92. The van der Waals surface area contributed by atoms with Crippen molar-refractivity contribution in [3.63, 3.8) is 0 Å². The van der Waals surface area contributed by atoms with E-state index < -0.39 is 5.97 Å². The van der Waals surface area contributed by atoms with Gasteiger partial charge in [0.05, 0.1) is 7.11 Å². The Kier molecular flexibility index (Phi) is 3.94. The summed E-state index contributed by atoms with van der Waals surface area (Å²) in [6.07, 6.45) is 1.33. The van der Waals surface area contributed by atoms with E-state index in [1.54, 1.807) is 37.4 Å². The number of benzene rings is 1. The average molecular weight is 263 g/mol. The van der Waals surface area contributed by atoms with Gasteiger partial charge < -0.3 is 9.47 Å². The number of methoxy groups -OCH3 is 1. The van der Waals surface area contributed by atoms with Crippen molar-refractivity contribution in [1.29, 1.82) is 0 Å². The molecule has 1 aromatic carbocycles. The standard InChI is InChI=1S/C13H13NO3S/c1-9(12-14-7-8-18-12)17-13(15)10-5-3-4-6-11(10)16-2/h3-9H,1-2H3. The van der Waals surface area contributed by atoms with E-state index >= 15 is 0 Å². The summed E-state index contributed by atoms with van der Waals surface area (Å²) >= 11 is 1.46. The number of aromatic nitrogens is 1. The summed E-state index contributed by atoms with van der Waals surface area (Å²) in [6, 6.07) is 6.98. The lowest BCUT2D eigenvalue weighted by atomic mass is 10.2. The maximum atomic E-state index is 12.0. The van der Waals surface area contributed by atoms with E-state index in [0.29, 0.717) is 11.3 Å². The number of para-hydroxylation sites is 1. The maximum absolute atomic E-state index is 12.0. The molecule has 18 heavy (non-hydrogen) atoms. The molecule has 94 valence electrons. The van der Waals surface area contributed by atoms with Gasteiger partial charge in [-0.05, 0) is 19.1 Å². The van der Waals surface area contributed by atoms with Crippen LogP contribution in [0.15, 0.2) is 35.8 Å². The van der Waals surface area contributed by atoms with E-state index in [9.17, 15) is 4.79 Å². The largest absolute Gasteiger partial charge is 0.496 e. The molecule has 1 heterocycles. The molecule has 2 rings (SSSR count). The van der Waals surface area contributed by atoms with Crippen LogP contribution in [0.25, 0.3) is 0 Å². The number of thiazole rings is 1. The van der Waals surface area contributed by atoms with E-state index in [1.807, 2.05) is 5.38 Å². The van der Waals surface area contributed by atoms with Gasteiger partial charge in [-0.2, -0.15) is 0 Å². The number of hydrogen-bond acceptors (Lipinski definition) is 5. The molecule has 0 aliphatic carbocycles. The molecule has 1 unspecified atom stereocenters. The molecule has 4 nitrogen and oxygen atoms in total. The lowest BCUT2D eigenvalue weighted by Crippen LogP contribution is -2.10. The van der Waals surface area contributed by atoms with E-state index in [0.717, 1.165) is 5.01 Å². The first-order valence-corrected chi connectivity index (χ1v) is 6.33. The highest BCUT2D eigenvalue weighted by Gasteiger charge is 2.18. The quantitative estimate of drug-likeness (QED) is 0.795. The van der Waals surface area contributed by atoms with Crippen molar-refractivity contribution in [2.75, 3.05) is 7.11 Å². The van der Waals surface area contributed by atoms with Crippen LogP contribution in [-0.2, 0) is 4.74 Å². The van der Waals surface area contributed by atoms with Crippen molar-refractivity contribution in [2.24, 2.45) is 0 Å². The van der Waals surface area contributed by atoms with E-state index in [-0.39, 0.29) is 6.10 Å². The fourth-order valence-electron chi connectivity index (χ4n) is 1.52. The van der Waals surface area contributed by atoms with Crippen molar-refractivity contribution < 1.29 is 14.3 Å². The molecule has 0 saturated heterocycles. The zero-order valence-electron chi connectivity index (χ0n) is 10.1. The highest BCUT2D eigenvalue weighted by molar-refractivity contribution is 7.09. The van der Waals surface area contributed by atoms with Crippen molar-refractivity contribution in [1.82, 2.24) is 4.98 Å². The summed E-state index contributed by atoms with van der Waals surface area (Å²) in [5.74, 6) is 0.101. The smallest absolute Gasteiger partial charge is 0.342 e. The van der Waals surface area contributed by atoms with Gasteiger partial charge in [-0.15, -0.1) is 11.3 Å². The Morgan fingerprint density at radius 3 is 2.83 bits per heavy atom. The van der Waals surface area contributed by atoms with Crippen LogP contribution in [-0.4, -0.2) is 18.1 Å². The van der Waals surface area contributed by atoms with Crippen LogP contribution in [0.5, 0.6) is 5.75 Å². The summed E-state index contributed by atoms with van der Waals surface area (Å²) in [5, 5.41) is 2.63. The van der Waals surface area contributed by atoms with Crippen LogP contribution in [0.2, 0.25) is 0 Å². The summed E-state index contributed by atoms with van der Waals surface area (Å²) in [7, 11) is 1.52. The topological polar surface area (TPSA) is 48.4 Å². The first-order chi connectivity index (χ1) is 8.72. The normalized spacial score (nSPS) is 11.9. The minimum absolute atomic E-state index is 0.359. The number of carbonyl (C=O) groups excluding carboxylic acids is 1. The molecule has 0 bridgehead atoms. The maximum Gasteiger partial charge on any atom is 0.342 e. The Hall–Kier alpha value is -1.88. The molecular weight excluding hydrogens is 250 g/mol. The molecule has 1 atom stereocenters. The van der Waals surface area contributed by atoms with Crippen LogP contribution in [0.1, 0.15) is 28.4 Å². The first kappa shape index (κ1) is 12.6. The number of carbonyl (C=O) groups is 1. The van der Waals surface area contributed by atoms with Gasteiger partial charge in [0.15, 0.2) is 6.10 Å². The number of nitrogens with zero attached hydrogens (tertiary/aromatic N) is 1. The molecule has 0 spiro atoms. The third-order valence-corrected chi connectivity index (χ3v) is 3.35. The molecule has 0 aliphatic rings. The summed E-state index contributed by atoms with van der Waals surface area (Å²) in [4.78, 5) is 16.1. The Balaban J connectivity index is 2.12. The summed E-state index contributed by atoms with van der Waals surface area (Å²) in [5.41, 5.74) is 0.420. The van der Waals surface area contributed by atoms with Crippen molar-refractivity contribution in [2.45, 2.75) is 13.0 Å². The van der Waals surface area contributed by atoms with Gasteiger partial charge in [-0.25, -0.2) is 9.78 Å². The zero-order valence-corrected chi connectivity index (χ0v) is 10.9. The Morgan fingerprint density at radius 2 is 2.17 bits per heavy atom. The number of hydrogen-bond donors (Lipinski definition) is 0.